The Morgan fingerprint density at radius 3 is 2.68 bits per heavy atom. The van der Waals surface area contributed by atoms with E-state index in [0.717, 1.165) is 0 Å². The fourth-order valence-corrected chi connectivity index (χ4v) is 2.31. The van der Waals surface area contributed by atoms with E-state index in [0.29, 0.717) is 12.1 Å². The van der Waals surface area contributed by atoms with Gasteiger partial charge in [0, 0.05) is 17.4 Å². The van der Waals surface area contributed by atoms with Crippen LogP contribution in [-0.4, -0.2) is 24.2 Å². The number of amides is 3. The molecule has 6 heteroatoms. The van der Waals surface area contributed by atoms with E-state index in [4.69, 9.17) is 0 Å². The molecule has 1 atom stereocenters. The standard InChI is InChI=1S/C13H17FN2O2S/c1-3-15-13(18)16-12(17)8-19-9(2)10-6-4-5-7-11(10)14/h4-7,9H,3,8H2,1-2H3,(H2,15,16,17,18)/t9-/m1/s1. The third kappa shape index (κ3) is 5.30. The largest absolute Gasteiger partial charge is 0.338 e. The van der Waals surface area contributed by atoms with Gasteiger partial charge in [0.2, 0.25) is 5.91 Å². The van der Waals surface area contributed by atoms with Gasteiger partial charge >= 0.3 is 6.03 Å². The van der Waals surface area contributed by atoms with Crippen molar-refractivity contribution in [3.63, 3.8) is 0 Å². The number of imide groups is 1. The van der Waals surface area contributed by atoms with Crippen LogP contribution in [0.15, 0.2) is 24.3 Å². The van der Waals surface area contributed by atoms with E-state index in [1.165, 1.54) is 17.8 Å². The molecule has 19 heavy (non-hydrogen) atoms. The summed E-state index contributed by atoms with van der Waals surface area (Å²) in [6.07, 6.45) is 0. The van der Waals surface area contributed by atoms with Crippen LogP contribution in [0.3, 0.4) is 0 Å². The van der Waals surface area contributed by atoms with Crippen molar-refractivity contribution in [2.45, 2.75) is 19.1 Å². The molecule has 4 nitrogen and oxygen atoms in total. The molecule has 3 amide bonds. The molecule has 104 valence electrons. The second-order valence-electron chi connectivity index (χ2n) is 3.88. The Morgan fingerprint density at radius 2 is 2.05 bits per heavy atom. The summed E-state index contributed by atoms with van der Waals surface area (Å²) in [5.74, 6) is -0.571. The van der Waals surface area contributed by atoms with Gasteiger partial charge in [-0.2, -0.15) is 0 Å². The van der Waals surface area contributed by atoms with E-state index in [-0.39, 0.29) is 22.7 Å². The summed E-state index contributed by atoms with van der Waals surface area (Å²) in [5.41, 5.74) is 0.554. The molecule has 0 aromatic heterocycles. The lowest BCUT2D eigenvalue weighted by Crippen LogP contribution is -2.40. The van der Waals surface area contributed by atoms with Gasteiger partial charge in [0.25, 0.3) is 0 Å². The number of nitrogens with one attached hydrogen (secondary N) is 2. The molecule has 0 aliphatic heterocycles. The van der Waals surface area contributed by atoms with Gasteiger partial charge in [-0.05, 0) is 19.9 Å². The van der Waals surface area contributed by atoms with E-state index >= 15 is 0 Å². The van der Waals surface area contributed by atoms with Gasteiger partial charge < -0.3 is 5.32 Å². The molecule has 0 saturated heterocycles. The van der Waals surface area contributed by atoms with Crippen LogP contribution in [0, 0.1) is 5.82 Å². The number of benzene rings is 1. The maximum Gasteiger partial charge on any atom is 0.321 e. The first-order chi connectivity index (χ1) is 9.04. The first-order valence-corrected chi connectivity index (χ1v) is 7.03. The maximum absolute atomic E-state index is 13.5. The molecule has 1 rings (SSSR count). The molecule has 0 aliphatic rings. The quantitative estimate of drug-likeness (QED) is 0.873. The molecule has 2 N–H and O–H groups in total. The highest BCUT2D eigenvalue weighted by Gasteiger charge is 2.13. The number of hydrogen-bond acceptors (Lipinski definition) is 3. The van der Waals surface area contributed by atoms with Crippen LogP contribution in [0.2, 0.25) is 0 Å². The Bertz CT molecular complexity index is 454. The lowest BCUT2D eigenvalue weighted by Gasteiger charge is -2.12. The minimum Gasteiger partial charge on any atom is -0.338 e. The lowest BCUT2D eigenvalue weighted by atomic mass is 10.1. The third-order valence-electron chi connectivity index (χ3n) is 2.40. The normalized spacial score (nSPS) is 11.7. The van der Waals surface area contributed by atoms with Crippen molar-refractivity contribution in [1.82, 2.24) is 10.6 Å². The average Bonchev–Trinajstić information content (AvgIpc) is 2.36. The summed E-state index contributed by atoms with van der Waals surface area (Å²) in [6, 6.07) is 5.95. The molecule has 0 bridgehead atoms. The van der Waals surface area contributed by atoms with Crippen molar-refractivity contribution in [3.05, 3.63) is 35.6 Å². The van der Waals surface area contributed by atoms with E-state index < -0.39 is 6.03 Å². The third-order valence-corrected chi connectivity index (χ3v) is 3.58. The second-order valence-corrected chi connectivity index (χ2v) is 5.21. The van der Waals surface area contributed by atoms with Crippen molar-refractivity contribution in [2.75, 3.05) is 12.3 Å². The van der Waals surface area contributed by atoms with Crippen molar-refractivity contribution >= 4 is 23.7 Å². The average molecular weight is 284 g/mol. The number of carbonyl (C=O) groups excluding carboxylic acids is 2. The molecule has 1 aromatic carbocycles. The lowest BCUT2D eigenvalue weighted by molar-refractivity contribution is -0.117. The van der Waals surface area contributed by atoms with Gasteiger partial charge in [0.1, 0.15) is 5.82 Å². The molecule has 0 unspecified atom stereocenters. The van der Waals surface area contributed by atoms with Crippen LogP contribution in [0.4, 0.5) is 9.18 Å². The zero-order valence-electron chi connectivity index (χ0n) is 10.9. The number of urea groups is 1. The molecule has 0 aliphatic carbocycles. The van der Waals surface area contributed by atoms with Crippen LogP contribution < -0.4 is 10.6 Å². The van der Waals surface area contributed by atoms with Gasteiger partial charge in [-0.1, -0.05) is 18.2 Å². The summed E-state index contributed by atoms with van der Waals surface area (Å²) in [5, 5.41) is 4.51. The number of thioether (sulfide) groups is 1. The SMILES string of the molecule is CCNC(=O)NC(=O)CS[C@H](C)c1ccccc1F. The molecule has 0 fully saturated rings. The summed E-state index contributed by atoms with van der Waals surface area (Å²) in [6.45, 7) is 4.04. The Hall–Kier alpha value is -1.56. The molecular weight excluding hydrogens is 267 g/mol. The highest BCUT2D eigenvalue weighted by Crippen LogP contribution is 2.29. The van der Waals surface area contributed by atoms with Crippen molar-refractivity contribution in [2.24, 2.45) is 0 Å². The zero-order chi connectivity index (χ0) is 14.3. The monoisotopic (exact) mass is 284 g/mol. The Morgan fingerprint density at radius 1 is 1.37 bits per heavy atom. The smallest absolute Gasteiger partial charge is 0.321 e. The Balaban J connectivity index is 2.42. The minimum atomic E-state index is -0.508. The van der Waals surface area contributed by atoms with Crippen LogP contribution in [-0.2, 0) is 4.79 Å². The van der Waals surface area contributed by atoms with Crippen molar-refractivity contribution in [1.29, 1.82) is 0 Å². The fourth-order valence-electron chi connectivity index (χ4n) is 1.46. The summed E-state index contributed by atoms with van der Waals surface area (Å²) < 4.78 is 13.5. The predicted octanol–water partition coefficient (Wildman–Crippen LogP) is 2.47. The van der Waals surface area contributed by atoms with Crippen molar-refractivity contribution in [3.8, 4) is 0 Å². The van der Waals surface area contributed by atoms with E-state index in [1.54, 1.807) is 25.1 Å². The van der Waals surface area contributed by atoms with Gasteiger partial charge in [-0.25, -0.2) is 9.18 Å². The topological polar surface area (TPSA) is 58.2 Å². The highest BCUT2D eigenvalue weighted by molar-refractivity contribution is 8.00. The van der Waals surface area contributed by atoms with Gasteiger partial charge in [-0.3, -0.25) is 10.1 Å². The first kappa shape index (κ1) is 15.5. The summed E-state index contributed by atoms with van der Waals surface area (Å²) in [4.78, 5) is 22.6. The van der Waals surface area contributed by atoms with Gasteiger partial charge in [0.15, 0.2) is 0 Å². The number of rotatable bonds is 5. The summed E-state index contributed by atoms with van der Waals surface area (Å²) in [7, 11) is 0. The van der Waals surface area contributed by atoms with Crippen LogP contribution >= 0.6 is 11.8 Å². The minimum absolute atomic E-state index is 0.104. The molecule has 1 aromatic rings. The highest BCUT2D eigenvalue weighted by atomic mass is 32.2. The molecule has 0 spiro atoms. The second kappa shape index (κ2) is 7.78. The first-order valence-electron chi connectivity index (χ1n) is 5.98. The van der Waals surface area contributed by atoms with Crippen LogP contribution in [0.5, 0.6) is 0 Å². The van der Waals surface area contributed by atoms with Crippen molar-refractivity contribution < 1.29 is 14.0 Å². The van der Waals surface area contributed by atoms with E-state index in [1.807, 2.05) is 6.92 Å². The zero-order valence-corrected chi connectivity index (χ0v) is 11.7. The maximum atomic E-state index is 13.5. The molecule has 0 radical (unpaired) electrons. The number of hydrogen-bond donors (Lipinski definition) is 2. The Labute approximate surface area is 116 Å². The van der Waals surface area contributed by atoms with Crippen LogP contribution in [0.1, 0.15) is 24.7 Å². The summed E-state index contributed by atoms with van der Waals surface area (Å²) >= 11 is 1.28. The molecular formula is C13H17FN2O2S. The molecule has 0 heterocycles. The Kier molecular flexibility index (Phi) is 6.35. The van der Waals surface area contributed by atoms with Gasteiger partial charge in [0.05, 0.1) is 5.75 Å². The molecule has 0 saturated carbocycles. The van der Waals surface area contributed by atoms with Gasteiger partial charge in [-0.15, -0.1) is 11.8 Å². The van der Waals surface area contributed by atoms with Crippen LogP contribution in [0.25, 0.3) is 0 Å². The predicted molar refractivity (Wildman–Crippen MR) is 74.5 cm³/mol. The van der Waals surface area contributed by atoms with E-state index in [9.17, 15) is 14.0 Å². The number of halogens is 1. The number of carbonyl (C=O) groups is 2. The van der Waals surface area contributed by atoms with E-state index in [2.05, 4.69) is 10.6 Å². The fraction of sp³-hybridized carbons (Fsp3) is 0.385.